The smallest absolute Gasteiger partial charge is 0.131 e. The zero-order valence-corrected chi connectivity index (χ0v) is 9.44. The Morgan fingerprint density at radius 2 is 1.62 bits per heavy atom. The molecular weight excluding hydrogens is 203 g/mol. The van der Waals surface area contributed by atoms with Gasteiger partial charge in [-0.05, 0) is 22.9 Å². The average molecular weight is 218 g/mol. The van der Waals surface area contributed by atoms with Crippen LogP contribution < -0.4 is 0 Å². The summed E-state index contributed by atoms with van der Waals surface area (Å²) >= 11 is 0. The van der Waals surface area contributed by atoms with E-state index < -0.39 is 6.10 Å². The van der Waals surface area contributed by atoms with Crippen molar-refractivity contribution < 1.29 is 9.50 Å². The van der Waals surface area contributed by atoms with Crippen molar-refractivity contribution in [2.45, 2.75) is 20.0 Å². The topological polar surface area (TPSA) is 20.2 Å². The van der Waals surface area contributed by atoms with E-state index in [1.165, 1.54) is 6.07 Å². The maximum absolute atomic E-state index is 13.5. The van der Waals surface area contributed by atoms with E-state index in [0.717, 1.165) is 10.9 Å². The van der Waals surface area contributed by atoms with Crippen LogP contribution in [0.2, 0.25) is 0 Å². The van der Waals surface area contributed by atoms with Crippen LogP contribution in [0, 0.1) is 11.7 Å². The second-order valence-corrected chi connectivity index (χ2v) is 4.37. The van der Waals surface area contributed by atoms with E-state index in [1.54, 1.807) is 18.2 Å². The molecule has 0 aliphatic rings. The highest BCUT2D eigenvalue weighted by atomic mass is 19.1. The van der Waals surface area contributed by atoms with Crippen LogP contribution in [0.15, 0.2) is 36.4 Å². The number of aliphatic hydroxyl groups is 1. The molecule has 0 aliphatic heterocycles. The van der Waals surface area contributed by atoms with Crippen LogP contribution in [0.25, 0.3) is 10.8 Å². The number of rotatable bonds is 2. The maximum Gasteiger partial charge on any atom is 0.131 e. The van der Waals surface area contributed by atoms with Gasteiger partial charge < -0.3 is 5.11 Å². The zero-order chi connectivity index (χ0) is 11.7. The first-order valence-corrected chi connectivity index (χ1v) is 5.46. The van der Waals surface area contributed by atoms with Gasteiger partial charge in [0.25, 0.3) is 0 Å². The van der Waals surface area contributed by atoms with Crippen LogP contribution in [-0.2, 0) is 0 Å². The van der Waals surface area contributed by atoms with Crippen molar-refractivity contribution in [2.24, 2.45) is 5.92 Å². The molecular formula is C14H15FO. The predicted octanol–water partition coefficient (Wildman–Crippen LogP) is 3.67. The van der Waals surface area contributed by atoms with E-state index in [-0.39, 0.29) is 11.7 Å². The summed E-state index contributed by atoms with van der Waals surface area (Å²) in [6.07, 6.45) is -0.550. The lowest BCUT2D eigenvalue weighted by molar-refractivity contribution is 0.128. The first-order valence-electron chi connectivity index (χ1n) is 5.46. The molecule has 1 unspecified atom stereocenters. The van der Waals surface area contributed by atoms with E-state index in [2.05, 4.69) is 0 Å². The summed E-state index contributed by atoms with van der Waals surface area (Å²) < 4.78 is 13.5. The highest BCUT2D eigenvalue weighted by Crippen LogP contribution is 2.29. The second kappa shape index (κ2) is 4.22. The van der Waals surface area contributed by atoms with Crippen LogP contribution in [0.5, 0.6) is 0 Å². The summed E-state index contributed by atoms with van der Waals surface area (Å²) in [5.41, 5.74) is 0.798. The number of aliphatic hydroxyl groups excluding tert-OH is 1. The van der Waals surface area contributed by atoms with Crippen molar-refractivity contribution in [2.75, 3.05) is 0 Å². The summed E-state index contributed by atoms with van der Waals surface area (Å²) in [6, 6.07) is 10.3. The van der Waals surface area contributed by atoms with Crippen LogP contribution >= 0.6 is 0 Å². The molecule has 2 aromatic carbocycles. The van der Waals surface area contributed by atoms with Gasteiger partial charge in [0.2, 0.25) is 0 Å². The predicted molar refractivity (Wildman–Crippen MR) is 63.7 cm³/mol. The molecule has 84 valence electrons. The minimum absolute atomic E-state index is 0.119. The van der Waals surface area contributed by atoms with Crippen molar-refractivity contribution in [1.29, 1.82) is 0 Å². The molecule has 1 N–H and O–H groups in total. The molecule has 0 aromatic heterocycles. The van der Waals surface area contributed by atoms with Gasteiger partial charge in [-0.25, -0.2) is 4.39 Å². The number of hydrogen-bond donors (Lipinski definition) is 1. The molecule has 2 aromatic rings. The Labute approximate surface area is 94.5 Å². The number of benzene rings is 2. The Morgan fingerprint density at radius 1 is 1.00 bits per heavy atom. The number of fused-ring (bicyclic) bond motifs is 1. The minimum Gasteiger partial charge on any atom is -0.388 e. The van der Waals surface area contributed by atoms with Gasteiger partial charge in [-0.2, -0.15) is 0 Å². The quantitative estimate of drug-likeness (QED) is 0.815. The first-order chi connectivity index (χ1) is 7.61. The summed E-state index contributed by atoms with van der Waals surface area (Å²) in [4.78, 5) is 0. The first kappa shape index (κ1) is 11.1. The molecule has 2 heteroatoms. The molecule has 0 saturated heterocycles. The van der Waals surface area contributed by atoms with Gasteiger partial charge in [-0.1, -0.05) is 44.2 Å². The van der Waals surface area contributed by atoms with E-state index in [1.807, 2.05) is 26.0 Å². The molecule has 0 aliphatic carbocycles. The number of hydrogen-bond acceptors (Lipinski definition) is 1. The van der Waals surface area contributed by atoms with Crippen molar-refractivity contribution in [3.63, 3.8) is 0 Å². The van der Waals surface area contributed by atoms with Gasteiger partial charge in [0.1, 0.15) is 5.82 Å². The third-order valence-electron chi connectivity index (χ3n) is 2.85. The third kappa shape index (κ3) is 1.81. The molecule has 2 rings (SSSR count). The Hall–Kier alpha value is -1.41. The molecule has 0 fully saturated rings. The summed E-state index contributed by atoms with van der Waals surface area (Å²) in [5, 5.41) is 11.4. The Balaban J connectivity index is 2.67. The van der Waals surface area contributed by atoms with Crippen LogP contribution in [0.3, 0.4) is 0 Å². The summed E-state index contributed by atoms with van der Waals surface area (Å²) in [6.45, 7) is 3.89. The summed E-state index contributed by atoms with van der Waals surface area (Å²) in [5.74, 6) is -0.121. The van der Waals surface area contributed by atoms with Gasteiger partial charge in [0.15, 0.2) is 0 Å². The number of halogens is 1. The Kier molecular flexibility index (Phi) is 2.92. The van der Waals surface area contributed by atoms with Crippen LogP contribution in [0.4, 0.5) is 4.39 Å². The Morgan fingerprint density at radius 3 is 2.25 bits per heavy atom. The zero-order valence-electron chi connectivity index (χ0n) is 9.44. The van der Waals surface area contributed by atoms with Crippen molar-refractivity contribution in [3.8, 4) is 0 Å². The molecule has 1 nitrogen and oxygen atoms in total. The van der Waals surface area contributed by atoms with Crippen molar-refractivity contribution in [1.82, 2.24) is 0 Å². The lowest BCUT2D eigenvalue weighted by Gasteiger charge is -2.17. The van der Waals surface area contributed by atoms with Gasteiger partial charge >= 0.3 is 0 Å². The fraction of sp³-hybridized carbons (Fsp3) is 0.286. The van der Waals surface area contributed by atoms with Gasteiger partial charge in [-0.15, -0.1) is 0 Å². The van der Waals surface area contributed by atoms with Crippen molar-refractivity contribution in [3.05, 3.63) is 47.8 Å². The minimum atomic E-state index is -0.550. The summed E-state index contributed by atoms with van der Waals surface area (Å²) in [7, 11) is 0. The van der Waals surface area contributed by atoms with Crippen LogP contribution in [-0.4, -0.2) is 5.11 Å². The molecule has 16 heavy (non-hydrogen) atoms. The molecule has 0 amide bonds. The normalized spacial score (nSPS) is 13.3. The van der Waals surface area contributed by atoms with E-state index >= 15 is 0 Å². The molecule has 0 bridgehead atoms. The fourth-order valence-corrected chi connectivity index (χ4v) is 1.90. The SMILES string of the molecule is CC(C)C(O)c1ccc(F)c2ccccc12. The lowest BCUT2D eigenvalue weighted by atomic mass is 9.94. The maximum atomic E-state index is 13.5. The van der Waals surface area contributed by atoms with Gasteiger partial charge in [-0.3, -0.25) is 0 Å². The second-order valence-electron chi connectivity index (χ2n) is 4.37. The standard InChI is InChI=1S/C14H15FO/c1-9(2)14(16)12-7-8-13(15)11-6-4-3-5-10(11)12/h3-9,14,16H,1-2H3. The van der Waals surface area contributed by atoms with Crippen LogP contribution in [0.1, 0.15) is 25.5 Å². The molecule has 1 atom stereocenters. The van der Waals surface area contributed by atoms with E-state index in [4.69, 9.17) is 0 Å². The third-order valence-corrected chi connectivity index (χ3v) is 2.85. The van der Waals surface area contributed by atoms with Crippen molar-refractivity contribution >= 4 is 10.8 Å². The van der Waals surface area contributed by atoms with E-state index in [9.17, 15) is 9.50 Å². The Bertz CT molecular complexity index is 505. The van der Waals surface area contributed by atoms with E-state index in [0.29, 0.717) is 5.39 Å². The molecule has 0 radical (unpaired) electrons. The average Bonchev–Trinajstić information content (AvgIpc) is 2.29. The highest BCUT2D eigenvalue weighted by Gasteiger charge is 2.15. The fourth-order valence-electron chi connectivity index (χ4n) is 1.90. The largest absolute Gasteiger partial charge is 0.388 e. The monoisotopic (exact) mass is 218 g/mol. The van der Waals surface area contributed by atoms with Gasteiger partial charge in [0, 0.05) is 5.39 Å². The molecule has 0 saturated carbocycles. The highest BCUT2D eigenvalue weighted by molar-refractivity contribution is 5.86. The van der Waals surface area contributed by atoms with Gasteiger partial charge in [0.05, 0.1) is 6.10 Å². The molecule has 0 spiro atoms. The molecule has 0 heterocycles. The lowest BCUT2D eigenvalue weighted by Crippen LogP contribution is -2.06.